The molecule has 0 amide bonds. The molecule has 3 rings (SSSR count). The molecule has 1 aromatic rings. The van der Waals surface area contributed by atoms with Crippen LogP contribution in [-0.2, 0) is 0 Å². The highest BCUT2D eigenvalue weighted by Crippen LogP contribution is 2.41. The molecule has 1 aromatic carbocycles. The molecule has 6 heteroatoms. The number of rotatable bonds is 6. The summed E-state index contributed by atoms with van der Waals surface area (Å²) >= 11 is 0. The van der Waals surface area contributed by atoms with E-state index in [1.165, 1.54) is 37.7 Å². The van der Waals surface area contributed by atoms with E-state index < -0.39 is 0 Å². The van der Waals surface area contributed by atoms with Crippen LogP contribution in [0, 0.1) is 5.92 Å². The molecule has 1 aliphatic heterocycles. The molecule has 150 valence electrons. The Morgan fingerprint density at radius 1 is 1.08 bits per heavy atom. The van der Waals surface area contributed by atoms with Crippen LogP contribution in [0.25, 0.3) is 0 Å². The van der Waals surface area contributed by atoms with Crippen molar-refractivity contribution in [3.63, 3.8) is 0 Å². The van der Waals surface area contributed by atoms with Crippen molar-refractivity contribution in [1.29, 1.82) is 0 Å². The van der Waals surface area contributed by atoms with Gasteiger partial charge in [-0.1, -0.05) is 25.3 Å². The normalized spacial score (nSPS) is 19.8. The van der Waals surface area contributed by atoms with Crippen molar-refractivity contribution in [3.8, 4) is 11.5 Å². The highest BCUT2D eigenvalue weighted by atomic mass is 35.5. The van der Waals surface area contributed by atoms with Gasteiger partial charge in [-0.3, -0.25) is 4.90 Å². The van der Waals surface area contributed by atoms with Crippen LogP contribution in [0.5, 0.6) is 11.5 Å². The molecule has 4 nitrogen and oxygen atoms in total. The van der Waals surface area contributed by atoms with Crippen LogP contribution in [0.4, 0.5) is 0 Å². The third kappa shape index (κ3) is 5.66. The number of ether oxygens (including phenoxy) is 2. The highest BCUT2D eigenvalue weighted by Gasteiger charge is 2.31. The van der Waals surface area contributed by atoms with Gasteiger partial charge in [-0.15, -0.1) is 24.8 Å². The van der Waals surface area contributed by atoms with Crippen molar-refractivity contribution in [2.75, 3.05) is 39.9 Å². The molecule has 0 unspecified atom stereocenters. The summed E-state index contributed by atoms with van der Waals surface area (Å²) in [5.74, 6) is 2.48. The number of halogens is 2. The van der Waals surface area contributed by atoms with Gasteiger partial charge < -0.3 is 14.8 Å². The summed E-state index contributed by atoms with van der Waals surface area (Å²) in [6, 6.07) is 7.08. The molecule has 2 fully saturated rings. The van der Waals surface area contributed by atoms with Gasteiger partial charge in [0.15, 0.2) is 11.5 Å². The highest BCUT2D eigenvalue weighted by molar-refractivity contribution is 5.85. The van der Waals surface area contributed by atoms with E-state index in [1.54, 1.807) is 7.11 Å². The number of benzene rings is 1. The molecule has 0 spiro atoms. The molecule has 0 bridgehead atoms. The van der Waals surface area contributed by atoms with Crippen molar-refractivity contribution in [1.82, 2.24) is 10.2 Å². The largest absolute Gasteiger partial charge is 0.493 e. The summed E-state index contributed by atoms with van der Waals surface area (Å²) in [4.78, 5) is 2.68. The summed E-state index contributed by atoms with van der Waals surface area (Å²) in [5, 5.41) is 3.49. The van der Waals surface area contributed by atoms with Crippen LogP contribution >= 0.6 is 24.8 Å². The van der Waals surface area contributed by atoms with E-state index in [1.807, 2.05) is 6.92 Å². The zero-order valence-corrected chi connectivity index (χ0v) is 17.7. The average Bonchev–Trinajstić information content (AvgIpc) is 2.65. The summed E-state index contributed by atoms with van der Waals surface area (Å²) in [6.07, 6.45) is 6.86. The molecule has 1 saturated heterocycles. The number of nitrogens with zero attached hydrogens (tertiary/aromatic N) is 1. The van der Waals surface area contributed by atoms with Gasteiger partial charge in [-0.25, -0.2) is 0 Å². The lowest BCUT2D eigenvalue weighted by Crippen LogP contribution is -2.47. The predicted molar refractivity (Wildman–Crippen MR) is 112 cm³/mol. The zero-order valence-electron chi connectivity index (χ0n) is 16.0. The monoisotopic (exact) mass is 404 g/mol. The van der Waals surface area contributed by atoms with Crippen LogP contribution in [0.3, 0.4) is 0 Å². The minimum Gasteiger partial charge on any atom is -0.493 e. The third-order valence-electron chi connectivity index (χ3n) is 5.47. The minimum absolute atomic E-state index is 0. The van der Waals surface area contributed by atoms with Crippen molar-refractivity contribution < 1.29 is 9.47 Å². The fourth-order valence-corrected chi connectivity index (χ4v) is 4.33. The van der Waals surface area contributed by atoms with E-state index in [0.29, 0.717) is 12.6 Å². The van der Waals surface area contributed by atoms with E-state index >= 15 is 0 Å². The van der Waals surface area contributed by atoms with Gasteiger partial charge in [0.2, 0.25) is 0 Å². The first-order chi connectivity index (χ1) is 11.8. The molecule has 1 heterocycles. The van der Waals surface area contributed by atoms with Crippen molar-refractivity contribution >= 4 is 24.8 Å². The first kappa shape index (κ1) is 23.4. The Hall–Kier alpha value is -0.680. The van der Waals surface area contributed by atoms with Gasteiger partial charge in [-0.2, -0.15) is 0 Å². The first-order valence-electron chi connectivity index (χ1n) is 9.59. The van der Waals surface area contributed by atoms with Crippen LogP contribution in [0.2, 0.25) is 0 Å². The number of hydrogen-bond donors (Lipinski definition) is 1. The number of nitrogens with one attached hydrogen (secondary N) is 1. The fraction of sp³-hybridized carbons (Fsp3) is 0.700. The third-order valence-corrected chi connectivity index (χ3v) is 5.47. The van der Waals surface area contributed by atoms with Gasteiger partial charge in [0.25, 0.3) is 0 Å². The summed E-state index contributed by atoms with van der Waals surface area (Å²) in [6.45, 7) is 7.14. The zero-order chi connectivity index (χ0) is 16.8. The molecule has 1 aliphatic carbocycles. The molecule has 1 saturated carbocycles. The Labute approximate surface area is 170 Å². The Morgan fingerprint density at radius 2 is 1.77 bits per heavy atom. The van der Waals surface area contributed by atoms with E-state index in [4.69, 9.17) is 9.47 Å². The predicted octanol–water partition coefficient (Wildman–Crippen LogP) is 4.46. The Morgan fingerprint density at radius 3 is 2.38 bits per heavy atom. The summed E-state index contributed by atoms with van der Waals surface area (Å²) in [5.41, 5.74) is 1.39. The van der Waals surface area contributed by atoms with E-state index in [0.717, 1.165) is 43.6 Å². The molecule has 26 heavy (non-hydrogen) atoms. The smallest absolute Gasteiger partial charge is 0.161 e. The molecule has 0 aromatic heterocycles. The maximum Gasteiger partial charge on any atom is 0.161 e. The molecular weight excluding hydrogens is 371 g/mol. The quantitative estimate of drug-likeness (QED) is 0.758. The lowest BCUT2D eigenvalue weighted by Gasteiger charge is -2.41. The average molecular weight is 405 g/mol. The van der Waals surface area contributed by atoms with Gasteiger partial charge in [0.1, 0.15) is 0 Å². The lowest BCUT2D eigenvalue weighted by atomic mass is 9.80. The van der Waals surface area contributed by atoms with E-state index in [9.17, 15) is 0 Å². The number of methoxy groups -OCH3 is 1. The number of piperazine rings is 1. The molecule has 2 aliphatic rings. The van der Waals surface area contributed by atoms with Crippen molar-refractivity contribution in [2.24, 2.45) is 5.92 Å². The maximum absolute atomic E-state index is 5.70. The topological polar surface area (TPSA) is 33.7 Å². The lowest BCUT2D eigenvalue weighted by molar-refractivity contribution is 0.103. The maximum atomic E-state index is 5.70. The molecule has 1 N–H and O–H groups in total. The fourth-order valence-electron chi connectivity index (χ4n) is 4.33. The van der Waals surface area contributed by atoms with Gasteiger partial charge in [0, 0.05) is 32.2 Å². The Kier molecular flexibility index (Phi) is 10.7. The van der Waals surface area contributed by atoms with Crippen LogP contribution in [-0.4, -0.2) is 44.8 Å². The summed E-state index contributed by atoms with van der Waals surface area (Å²) < 4.78 is 11.3. The van der Waals surface area contributed by atoms with Crippen molar-refractivity contribution in [2.45, 2.75) is 45.1 Å². The minimum atomic E-state index is 0. The Bertz CT molecular complexity index is 501. The summed E-state index contributed by atoms with van der Waals surface area (Å²) in [7, 11) is 1.74. The second-order valence-corrected chi connectivity index (χ2v) is 6.97. The van der Waals surface area contributed by atoms with Crippen molar-refractivity contribution in [3.05, 3.63) is 23.8 Å². The van der Waals surface area contributed by atoms with E-state index in [-0.39, 0.29) is 24.8 Å². The number of hydrogen-bond acceptors (Lipinski definition) is 4. The SMILES string of the molecule is CCOc1ccc([C@@H](C2CCCCC2)N2CCNCC2)cc1OC.Cl.Cl. The second-order valence-electron chi connectivity index (χ2n) is 6.97. The standard InChI is InChI=1S/C20H32N2O2.2ClH/c1-3-24-18-10-9-17(15-19(18)23-2)20(16-7-5-4-6-8-16)22-13-11-21-12-14-22;;/h9-10,15-16,20-21H,3-8,11-14H2,1-2H3;2*1H/t20-;;/m1../s1. The van der Waals surface area contributed by atoms with E-state index in [2.05, 4.69) is 28.4 Å². The molecule has 1 atom stereocenters. The van der Waals surface area contributed by atoms with Gasteiger partial charge in [-0.05, 0) is 43.4 Å². The Balaban J connectivity index is 0.00000169. The molecular formula is C20H34Cl2N2O2. The molecule has 0 radical (unpaired) electrons. The second kappa shape index (κ2) is 11.9. The van der Waals surface area contributed by atoms with Gasteiger partial charge in [0.05, 0.1) is 13.7 Å². The first-order valence-corrected chi connectivity index (χ1v) is 9.59. The van der Waals surface area contributed by atoms with Crippen LogP contribution in [0.1, 0.15) is 50.6 Å². The van der Waals surface area contributed by atoms with Crippen LogP contribution in [0.15, 0.2) is 18.2 Å². The van der Waals surface area contributed by atoms with Gasteiger partial charge >= 0.3 is 0 Å². The van der Waals surface area contributed by atoms with Crippen LogP contribution < -0.4 is 14.8 Å².